The number of rotatable bonds is 8. The van der Waals surface area contributed by atoms with Crippen LogP contribution in [0.5, 0.6) is 5.75 Å². The van der Waals surface area contributed by atoms with E-state index in [-0.39, 0.29) is 59.0 Å². The lowest BCUT2D eigenvalue weighted by Gasteiger charge is -2.32. The topological polar surface area (TPSA) is 79.5 Å². The summed E-state index contributed by atoms with van der Waals surface area (Å²) in [4.78, 5) is 25.4. The molecule has 2 amide bonds. The van der Waals surface area contributed by atoms with E-state index in [0.717, 1.165) is 18.4 Å². The summed E-state index contributed by atoms with van der Waals surface area (Å²) in [5.41, 5.74) is -3.03. The van der Waals surface area contributed by atoms with Crippen molar-refractivity contribution in [1.29, 1.82) is 0 Å². The Morgan fingerprint density at radius 1 is 1.20 bits per heavy atom. The first-order valence-corrected chi connectivity index (χ1v) is 12.0. The summed E-state index contributed by atoms with van der Waals surface area (Å²) in [7, 11) is 1.37. The fourth-order valence-electron chi connectivity index (χ4n) is 4.17. The predicted octanol–water partition coefficient (Wildman–Crippen LogP) is 4.06. The molecule has 3 N–H and O–H groups in total. The Morgan fingerprint density at radius 3 is 2.51 bits per heavy atom. The quantitative estimate of drug-likeness (QED) is 0.368. The van der Waals surface area contributed by atoms with Crippen LogP contribution in [0, 0.1) is 11.7 Å². The summed E-state index contributed by atoms with van der Waals surface area (Å²) >= 11 is -0.186. The van der Waals surface area contributed by atoms with Crippen molar-refractivity contribution >= 4 is 23.6 Å². The van der Waals surface area contributed by atoms with Crippen LogP contribution in [-0.4, -0.2) is 36.6 Å². The molecule has 0 aromatic heterocycles. The molecule has 2 unspecified atom stereocenters. The van der Waals surface area contributed by atoms with E-state index in [4.69, 9.17) is 4.74 Å². The smallest absolute Gasteiger partial charge is 0.446 e. The number of thioether (sulfide) groups is 1. The van der Waals surface area contributed by atoms with Gasteiger partial charge in [0.2, 0.25) is 11.8 Å². The Balaban J connectivity index is 1.41. The van der Waals surface area contributed by atoms with E-state index in [2.05, 4.69) is 16.0 Å². The summed E-state index contributed by atoms with van der Waals surface area (Å²) in [6.07, 6.45) is 1.43. The van der Waals surface area contributed by atoms with Crippen molar-refractivity contribution in [2.24, 2.45) is 5.92 Å². The van der Waals surface area contributed by atoms with Gasteiger partial charge in [0.25, 0.3) is 0 Å². The molecule has 0 radical (unpaired) electrons. The maximum absolute atomic E-state index is 14.0. The van der Waals surface area contributed by atoms with E-state index < -0.39 is 23.5 Å². The Hall–Kier alpha value is -2.79. The van der Waals surface area contributed by atoms with E-state index >= 15 is 0 Å². The molecule has 1 heterocycles. The number of amides is 2. The number of halogens is 4. The lowest BCUT2D eigenvalue weighted by atomic mass is 10.0. The van der Waals surface area contributed by atoms with Crippen molar-refractivity contribution in [2.75, 3.05) is 7.11 Å². The first-order chi connectivity index (χ1) is 16.6. The van der Waals surface area contributed by atoms with E-state index in [1.807, 2.05) is 0 Å². The molecule has 2 aromatic rings. The van der Waals surface area contributed by atoms with Crippen molar-refractivity contribution < 1.29 is 31.9 Å². The fraction of sp³-hybridized carbons (Fsp3) is 0.417. The van der Waals surface area contributed by atoms with Crippen LogP contribution in [0.3, 0.4) is 0 Å². The summed E-state index contributed by atoms with van der Waals surface area (Å²) in [5, 5.41) is 8.84. The number of benzene rings is 2. The molecule has 11 heteroatoms. The number of hydrogen-bond acceptors (Lipinski definition) is 5. The van der Waals surface area contributed by atoms with E-state index in [9.17, 15) is 27.2 Å². The lowest BCUT2D eigenvalue weighted by Crippen LogP contribution is -2.61. The number of nitrogens with one attached hydrogen (secondary N) is 3. The molecule has 1 saturated carbocycles. The first kappa shape index (κ1) is 25.3. The van der Waals surface area contributed by atoms with Gasteiger partial charge in [0.1, 0.15) is 0 Å². The van der Waals surface area contributed by atoms with E-state index in [1.165, 1.54) is 31.4 Å². The van der Waals surface area contributed by atoms with Gasteiger partial charge in [-0.25, -0.2) is 4.39 Å². The third kappa shape index (κ3) is 6.88. The number of ether oxygens (including phenoxy) is 1. The first-order valence-electron chi connectivity index (χ1n) is 11.1. The molecule has 0 spiro atoms. The molecule has 35 heavy (non-hydrogen) atoms. The van der Waals surface area contributed by atoms with Crippen molar-refractivity contribution in [3.63, 3.8) is 0 Å². The molecule has 2 fully saturated rings. The van der Waals surface area contributed by atoms with Gasteiger partial charge in [-0.15, -0.1) is 0 Å². The van der Waals surface area contributed by atoms with Crippen LogP contribution in [0.4, 0.5) is 17.6 Å². The molecule has 2 aromatic carbocycles. The molecule has 188 valence electrons. The largest absolute Gasteiger partial charge is 0.494 e. The number of carbonyl (C=O) groups excluding carboxylic acids is 2. The number of methoxy groups -OCH3 is 1. The van der Waals surface area contributed by atoms with Crippen LogP contribution in [0.2, 0.25) is 0 Å². The lowest BCUT2D eigenvalue weighted by molar-refractivity contribution is -0.132. The fourth-order valence-corrected chi connectivity index (χ4v) is 4.71. The minimum atomic E-state index is -4.37. The molecule has 4 rings (SSSR count). The van der Waals surface area contributed by atoms with Crippen LogP contribution in [0.1, 0.15) is 36.4 Å². The van der Waals surface area contributed by atoms with Crippen molar-refractivity contribution in [1.82, 2.24) is 16.0 Å². The van der Waals surface area contributed by atoms with Gasteiger partial charge in [0, 0.05) is 11.3 Å². The Labute approximate surface area is 204 Å². The highest BCUT2D eigenvalue weighted by Crippen LogP contribution is 2.42. The highest BCUT2D eigenvalue weighted by Gasteiger charge is 2.37. The summed E-state index contributed by atoms with van der Waals surface area (Å²) in [6.45, 7) is 0. The van der Waals surface area contributed by atoms with Crippen molar-refractivity contribution in [2.45, 2.75) is 54.3 Å². The zero-order chi connectivity index (χ0) is 25.2. The second-order valence-electron chi connectivity index (χ2n) is 8.66. The molecule has 1 aliphatic heterocycles. The summed E-state index contributed by atoms with van der Waals surface area (Å²) < 4.78 is 56.8. The number of alkyl halides is 3. The van der Waals surface area contributed by atoms with Gasteiger partial charge in [-0.2, -0.15) is 13.2 Å². The maximum Gasteiger partial charge on any atom is 0.446 e. The standard InChI is InChI=1S/C24H25F4N3O3S/c1-34-19-9-2-13(10-17(19)25)11-20-29-18(12-21(32)30-20)23(33)31-22(14-3-4-14)15-5-7-16(8-6-15)35-24(26,27)28/h2,5-10,14,18,20,22,29H,3-4,11-12H2,1H3,(H,30,32)(H,31,33)/t18?,20?,22-/m1/s1. The van der Waals surface area contributed by atoms with Gasteiger partial charge in [-0.05, 0) is 65.9 Å². The molecular formula is C24H25F4N3O3S. The van der Waals surface area contributed by atoms with Crippen LogP contribution in [-0.2, 0) is 16.0 Å². The van der Waals surface area contributed by atoms with E-state index in [1.54, 1.807) is 18.2 Å². The monoisotopic (exact) mass is 511 g/mol. The van der Waals surface area contributed by atoms with Gasteiger partial charge in [-0.3, -0.25) is 14.9 Å². The van der Waals surface area contributed by atoms with Crippen molar-refractivity contribution in [3.05, 3.63) is 59.4 Å². The Kier molecular flexibility index (Phi) is 7.56. The average molecular weight is 512 g/mol. The third-order valence-electron chi connectivity index (χ3n) is 5.96. The second kappa shape index (κ2) is 10.4. The molecule has 6 nitrogen and oxygen atoms in total. The maximum atomic E-state index is 14.0. The van der Waals surface area contributed by atoms with Gasteiger partial charge in [0.15, 0.2) is 11.6 Å². The van der Waals surface area contributed by atoms with Gasteiger partial charge in [0.05, 0.1) is 31.8 Å². The predicted molar refractivity (Wildman–Crippen MR) is 122 cm³/mol. The van der Waals surface area contributed by atoms with Crippen LogP contribution in [0.15, 0.2) is 47.4 Å². The zero-order valence-electron chi connectivity index (χ0n) is 18.8. The minimum Gasteiger partial charge on any atom is -0.494 e. The van der Waals surface area contributed by atoms with Crippen LogP contribution < -0.4 is 20.7 Å². The van der Waals surface area contributed by atoms with Gasteiger partial charge >= 0.3 is 5.51 Å². The van der Waals surface area contributed by atoms with Gasteiger partial charge < -0.3 is 15.4 Å². The number of hydrogen-bond donors (Lipinski definition) is 3. The normalized spacial score (nSPS) is 21.2. The molecule has 1 aliphatic carbocycles. The Bertz CT molecular complexity index is 1080. The molecule has 1 saturated heterocycles. The average Bonchev–Trinajstić information content (AvgIpc) is 3.62. The SMILES string of the molecule is COc1ccc(CC2NC(=O)CC(C(=O)N[C@@H](c3ccc(SC(F)(F)F)cc3)C3CC3)N2)cc1F. The molecule has 2 aliphatic rings. The van der Waals surface area contributed by atoms with E-state index in [0.29, 0.717) is 5.56 Å². The Morgan fingerprint density at radius 2 is 1.91 bits per heavy atom. The third-order valence-corrected chi connectivity index (χ3v) is 6.70. The minimum absolute atomic E-state index is 0.0577. The molecule has 3 atom stereocenters. The van der Waals surface area contributed by atoms with Crippen LogP contribution in [0.25, 0.3) is 0 Å². The zero-order valence-corrected chi connectivity index (χ0v) is 19.6. The summed E-state index contributed by atoms with van der Waals surface area (Å²) in [5.74, 6) is -0.887. The van der Waals surface area contributed by atoms with Crippen molar-refractivity contribution in [3.8, 4) is 5.75 Å². The van der Waals surface area contributed by atoms with Gasteiger partial charge in [-0.1, -0.05) is 18.2 Å². The molecule has 0 bridgehead atoms. The summed E-state index contributed by atoms with van der Waals surface area (Å²) in [6, 6.07) is 9.34. The second-order valence-corrected chi connectivity index (χ2v) is 9.80. The highest BCUT2D eigenvalue weighted by atomic mass is 32.2. The molecular weight excluding hydrogens is 486 g/mol. The van der Waals surface area contributed by atoms with Crippen LogP contribution >= 0.6 is 11.8 Å². The highest BCUT2D eigenvalue weighted by molar-refractivity contribution is 8.00. The number of carbonyl (C=O) groups is 2.